The number of carbonyl (C=O) groups is 1. The Morgan fingerprint density at radius 3 is 2.28 bits per heavy atom. The first-order chi connectivity index (χ1) is 13.4. The van der Waals surface area contributed by atoms with Gasteiger partial charge in [-0.25, -0.2) is 0 Å². The SMILES string of the molecule is CCNC(=NCC(c1ccccc1)N1CCCC1)NCCNC(=O)C(C)(C)C.I. The summed E-state index contributed by atoms with van der Waals surface area (Å²) in [5, 5.41) is 9.60. The van der Waals surface area contributed by atoms with E-state index in [9.17, 15) is 4.79 Å². The van der Waals surface area contributed by atoms with Crippen molar-refractivity contribution >= 4 is 35.8 Å². The number of rotatable bonds is 8. The van der Waals surface area contributed by atoms with Gasteiger partial charge in [0.05, 0.1) is 12.6 Å². The van der Waals surface area contributed by atoms with Gasteiger partial charge in [-0.15, -0.1) is 24.0 Å². The minimum absolute atomic E-state index is 0. The lowest BCUT2D eigenvalue weighted by Crippen LogP contribution is -2.43. The van der Waals surface area contributed by atoms with Gasteiger partial charge < -0.3 is 16.0 Å². The van der Waals surface area contributed by atoms with E-state index in [4.69, 9.17) is 4.99 Å². The molecule has 1 unspecified atom stereocenters. The van der Waals surface area contributed by atoms with Crippen LogP contribution in [0.3, 0.4) is 0 Å². The number of guanidine groups is 1. The van der Waals surface area contributed by atoms with Gasteiger partial charge in [0.25, 0.3) is 0 Å². The number of halogens is 1. The Labute approximate surface area is 193 Å². The van der Waals surface area contributed by atoms with Crippen molar-refractivity contribution < 1.29 is 4.79 Å². The molecular weight excluding hydrogens is 477 g/mol. The molecule has 1 atom stereocenters. The van der Waals surface area contributed by atoms with E-state index in [0.717, 1.165) is 25.6 Å². The zero-order chi connectivity index (χ0) is 20.4. The molecule has 1 aliphatic heterocycles. The van der Waals surface area contributed by atoms with E-state index in [2.05, 4.69) is 58.1 Å². The predicted octanol–water partition coefficient (Wildman–Crippen LogP) is 3.16. The second kappa shape index (κ2) is 13.1. The summed E-state index contributed by atoms with van der Waals surface area (Å²) >= 11 is 0. The molecule has 1 heterocycles. The highest BCUT2D eigenvalue weighted by atomic mass is 127. The highest BCUT2D eigenvalue weighted by Crippen LogP contribution is 2.25. The molecule has 3 N–H and O–H groups in total. The van der Waals surface area contributed by atoms with Gasteiger partial charge in [0, 0.05) is 25.0 Å². The zero-order valence-corrected chi connectivity index (χ0v) is 20.7. The van der Waals surface area contributed by atoms with Crippen LogP contribution in [-0.2, 0) is 4.79 Å². The topological polar surface area (TPSA) is 68.8 Å². The normalized spacial score (nSPS) is 16.1. The summed E-state index contributed by atoms with van der Waals surface area (Å²) in [6.45, 7) is 12.8. The molecule has 0 spiro atoms. The molecule has 0 aromatic heterocycles. The van der Waals surface area contributed by atoms with E-state index in [1.165, 1.54) is 18.4 Å². The van der Waals surface area contributed by atoms with Crippen molar-refractivity contribution in [1.29, 1.82) is 0 Å². The van der Waals surface area contributed by atoms with E-state index >= 15 is 0 Å². The van der Waals surface area contributed by atoms with Crippen molar-refractivity contribution in [3.63, 3.8) is 0 Å². The van der Waals surface area contributed by atoms with E-state index < -0.39 is 0 Å². The fourth-order valence-electron chi connectivity index (χ4n) is 3.30. The molecular formula is C22H38IN5O. The van der Waals surface area contributed by atoms with Gasteiger partial charge in [-0.3, -0.25) is 14.7 Å². The fraction of sp³-hybridized carbons (Fsp3) is 0.636. The smallest absolute Gasteiger partial charge is 0.225 e. The van der Waals surface area contributed by atoms with Gasteiger partial charge >= 0.3 is 0 Å². The van der Waals surface area contributed by atoms with Gasteiger partial charge in [0.15, 0.2) is 5.96 Å². The van der Waals surface area contributed by atoms with Crippen LogP contribution in [0.15, 0.2) is 35.3 Å². The van der Waals surface area contributed by atoms with Crippen LogP contribution < -0.4 is 16.0 Å². The molecule has 0 aliphatic carbocycles. The first kappa shape index (κ1) is 25.7. The lowest BCUT2D eigenvalue weighted by atomic mass is 9.96. The largest absolute Gasteiger partial charge is 0.357 e. The number of benzene rings is 1. The van der Waals surface area contributed by atoms with Gasteiger partial charge in [0.1, 0.15) is 0 Å². The summed E-state index contributed by atoms with van der Waals surface area (Å²) in [4.78, 5) is 19.3. The van der Waals surface area contributed by atoms with Crippen molar-refractivity contribution in [3.8, 4) is 0 Å². The lowest BCUT2D eigenvalue weighted by molar-refractivity contribution is -0.128. The van der Waals surface area contributed by atoms with Gasteiger partial charge in [-0.05, 0) is 38.4 Å². The van der Waals surface area contributed by atoms with Crippen LogP contribution in [0.1, 0.15) is 52.1 Å². The van der Waals surface area contributed by atoms with Gasteiger partial charge in [-0.1, -0.05) is 51.1 Å². The predicted molar refractivity (Wildman–Crippen MR) is 132 cm³/mol. The molecule has 1 aromatic carbocycles. The number of likely N-dealkylation sites (tertiary alicyclic amines) is 1. The number of amides is 1. The zero-order valence-electron chi connectivity index (χ0n) is 18.3. The number of carbonyl (C=O) groups excluding carboxylic acids is 1. The Morgan fingerprint density at radius 2 is 1.69 bits per heavy atom. The van der Waals surface area contributed by atoms with Crippen molar-refractivity contribution in [3.05, 3.63) is 35.9 Å². The van der Waals surface area contributed by atoms with Crippen molar-refractivity contribution in [2.75, 3.05) is 39.3 Å². The maximum absolute atomic E-state index is 12.0. The molecule has 2 rings (SSSR count). The summed E-state index contributed by atoms with van der Waals surface area (Å²) in [7, 11) is 0. The number of nitrogens with zero attached hydrogens (tertiary/aromatic N) is 2. The van der Waals surface area contributed by atoms with Crippen molar-refractivity contribution in [1.82, 2.24) is 20.9 Å². The summed E-state index contributed by atoms with van der Waals surface area (Å²) in [6.07, 6.45) is 2.53. The Hall–Kier alpha value is -1.35. The van der Waals surface area contributed by atoms with Crippen LogP contribution in [0.5, 0.6) is 0 Å². The highest BCUT2D eigenvalue weighted by Gasteiger charge is 2.23. The fourth-order valence-corrected chi connectivity index (χ4v) is 3.30. The maximum atomic E-state index is 12.0. The molecule has 1 fully saturated rings. The number of hydrogen-bond donors (Lipinski definition) is 3. The Kier molecular flexibility index (Phi) is 11.6. The second-order valence-electron chi connectivity index (χ2n) is 8.32. The van der Waals surface area contributed by atoms with Crippen LogP contribution in [0.25, 0.3) is 0 Å². The minimum Gasteiger partial charge on any atom is -0.357 e. The summed E-state index contributed by atoms with van der Waals surface area (Å²) in [5.41, 5.74) is 0.957. The molecule has 1 saturated heterocycles. The number of nitrogens with one attached hydrogen (secondary N) is 3. The van der Waals surface area contributed by atoms with Crippen LogP contribution in [0.4, 0.5) is 0 Å². The molecule has 29 heavy (non-hydrogen) atoms. The van der Waals surface area contributed by atoms with E-state index in [0.29, 0.717) is 25.7 Å². The Bertz CT molecular complexity index is 624. The molecule has 6 nitrogen and oxygen atoms in total. The minimum atomic E-state index is -0.364. The molecule has 1 aromatic rings. The Morgan fingerprint density at radius 1 is 1.07 bits per heavy atom. The van der Waals surface area contributed by atoms with Crippen molar-refractivity contribution in [2.24, 2.45) is 10.4 Å². The van der Waals surface area contributed by atoms with Crippen LogP contribution in [0, 0.1) is 5.41 Å². The Balaban J connectivity index is 0.00000420. The van der Waals surface area contributed by atoms with Crippen LogP contribution in [0.2, 0.25) is 0 Å². The van der Waals surface area contributed by atoms with Crippen molar-refractivity contribution in [2.45, 2.75) is 46.6 Å². The van der Waals surface area contributed by atoms with Crippen LogP contribution in [-0.4, -0.2) is 56.0 Å². The number of aliphatic imine (C=N–C) groups is 1. The number of hydrogen-bond acceptors (Lipinski definition) is 3. The van der Waals surface area contributed by atoms with E-state index in [1.54, 1.807) is 0 Å². The average Bonchev–Trinajstić information content (AvgIpc) is 3.19. The van der Waals surface area contributed by atoms with Crippen LogP contribution >= 0.6 is 24.0 Å². The monoisotopic (exact) mass is 515 g/mol. The third-order valence-electron chi connectivity index (χ3n) is 4.92. The standard InChI is InChI=1S/C22H37N5O.HI/c1-5-23-21(25-14-13-24-20(28)22(2,3)4)26-17-19(27-15-9-10-16-27)18-11-7-6-8-12-18;/h6-8,11-12,19H,5,9-10,13-17H2,1-4H3,(H,24,28)(H2,23,25,26);1H. The highest BCUT2D eigenvalue weighted by molar-refractivity contribution is 14.0. The molecule has 0 radical (unpaired) electrons. The molecule has 0 bridgehead atoms. The van der Waals surface area contributed by atoms with E-state index in [1.807, 2.05) is 20.8 Å². The quantitative estimate of drug-likeness (QED) is 0.215. The molecule has 1 amide bonds. The van der Waals surface area contributed by atoms with Gasteiger partial charge in [0.2, 0.25) is 5.91 Å². The first-order valence-electron chi connectivity index (χ1n) is 10.5. The second-order valence-corrected chi connectivity index (χ2v) is 8.32. The summed E-state index contributed by atoms with van der Waals surface area (Å²) < 4.78 is 0. The maximum Gasteiger partial charge on any atom is 0.225 e. The lowest BCUT2D eigenvalue weighted by Gasteiger charge is -2.27. The van der Waals surface area contributed by atoms with Gasteiger partial charge in [-0.2, -0.15) is 0 Å². The molecule has 7 heteroatoms. The third-order valence-corrected chi connectivity index (χ3v) is 4.92. The summed E-state index contributed by atoms with van der Waals surface area (Å²) in [5.74, 6) is 0.863. The molecule has 1 aliphatic rings. The molecule has 164 valence electrons. The molecule has 0 saturated carbocycles. The van der Waals surface area contributed by atoms with E-state index in [-0.39, 0.29) is 35.3 Å². The third kappa shape index (κ3) is 8.90. The first-order valence-corrected chi connectivity index (χ1v) is 10.5. The average molecular weight is 515 g/mol. The summed E-state index contributed by atoms with van der Waals surface area (Å²) in [6, 6.07) is 11.0.